The van der Waals surface area contributed by atoms with Crippen LogP contribution in [0.25, 0.3) is 0 Å². The summed E-state index contributed by atoms with van der Waals surface area (Å²) in [7, 11) is 0. The fourth-order valence-electron chi connectivity index (χ4n) is 3.11. The molecule has 0 aromatic carbocycles. The Labute approximate surface area is 181 Å². The van der Waals surface area contributed by atoms with Crippen LogP contribution in [-0.4, -0.2) is 67.0 Å². The topological polar surface area (TPSA) is 144 Å². The summed E-state index contributed by atoms with van der Waals surface area (Å²) in [6, 6.07) is -1.15. The van der Waals surface area contributed by atoms with Gasteiger partial charge < -0.3 is 29.0 Å². The number of hydrogen-bond donors (Lipinski definition) is 1. The van der Waals surface area contributed by atoms with Crippen LogP contribution in [0.15, 0.2) is 0 Å². The highest BCUT2D eigenvalue weighted by Crippen LogP contribution is 2.28. The Morgan fingerprint density at radius 1 is 0.806 bits per heavy atom. The lowest BCUT2D eigenvalue weighted by atomic mass is 9.95. The van der Waals surface area contributed by atoms with Crippen molar-refractivity contribution >= 4 is 29.8 Å². The quantitative estimate of drug-likeness (QED) is 0.291. The fraction of sp³-hybridized carbons (Fsp3) is 0.750. The number of carbonyl (C=O) groups is 5. The zero-order valence-corrected chi connectivity index (χ0v) is 18.5. The first kappa shape index (κ1) is 26.3. The van der Waals surface area contributed by atoms with Crippen LogP contribution < -0.4 is 5.32 Å². The summed E-state index contributed by atoms with van der Waals surface area (Å²) in [6.45, 7) is 6.24. The van der Waals surface area contributed by atoms with Gasteiger partial charge in [-0.2, -0.15) is 0 Å². The predicted molar refractivity (Wildman–Crippen MR) is 104 cm³/mol. The predicted octanol–water partition coefficient (Wildman–Crippen LogP) is 0.766. The highest BCUT2D eigenvalue weighted by Gasteiger charge is 2.52. The highest BCUT2D eigenvalue weighted by molar-refractivity contribution is 5.76. The Kier molecular flexibility index (Phi) is 10.9. The van der Waals surface area contributed by atoms with E-state index in [9.17, 15) is 24.0 Å². The van der Waals surface area contributed by atoms with Crippen LogP contribution in [0, 0.1) is 0 Å². The van der Waals surface area contributed by atoms with E-state index in [0.717, 1.165) is 33.6 Å². The number of nitrogens with one attached hydrogen (secondary N) is 1. The van der Waals surface area contributed by atoms with Gasteiger partial charge in [0.1, 0.15) is 18.8 Å². The third kappa shape index (κ3) is 9.33. The van der Waals surface area contributed by atoms with Gasteiger partial charge in [0.2, 0.25) is 12.2 Å². The Bertz CT molecular complexity index is 664. The van der Waals surface area contributed by atoms with Crippen molar-refractivity contribution < 1.29 is 47.7 Å². The highest BCUT2D eigenvalue weighted by atomic mass is 16.7. The summed E-state index contributed by atoms with van der Waals surface area (Å²) < 4.78 is 26.5. The minimum Gasteiger partial charge on any atom is -0.463 e. The molecule has 1 N–H and O–H groups in total. The Morgan fingerprint density at radius 3 is 1.90 bits per heavy atom. The summed E-state index contributed by atoms with van der Waals surface area (Å²) in [4.78, 5) is 58.8. The molecule has 1 aliphatic heterocycles. The van der Waals surface area contributed by atoms with Crippen molar-refractivity contribution in [1.82, 2.24) is 5.32 Å². The average molecular weight is 445 g/mol. The molecule has 0 radical (unpaired) electrons. The monoisotopic (exact) mass is 445 g/mol. The van der Waals surface area contributed by atoms with Gasteiger partial charge in [0, 0.05) is 34.1 Å². The second kappa shape index (κ2) is 12.9. The van der Waals surface area contributed by atoms with E-state index in [0.29, 0.717) is 6.42 Å². The first-order valence-corrected chi connectivity index (χ1v) is 10.1. The zero-order valence-electron chi connectivity index (χ0n) is 18.5. The molecule has 0 unspecified atom stereocenters. The second-order valence-electron chi connectivity index (χ2n) is 7.15. The molecule has 0 bridgehead atoms. The molecule has 0 aromatic heterocycles. The molecule has 176 valence electrons. The molecule has 1 heterocycles. The lowest BCUT2D eigenvalue weighted by molar-refractivity contribution is -0.271. The van der Waals surface area contributed by atoms with Gasteiger partial charge in [-0.05, 0) is 6.42 Å². The summed E-state index contributed by atoms with van der Waals surface area (Å²) in [5.74, 6) is -3.14. The van der Waals surface area contributed by atoms with Crippen molar-refractivity contribution in [2.45, 2.75) is 90.9 Å². The van der Waals surface area contributed by atoms with Gasteiger partial charge in [0.25, 0.3) is 0 Å². The molecule has 11 nitrogen and oxygen atoms in total. The lowest BCUT2D eigenvalue weighted by Gasteiger charge is -2.44. The van der Waals surface area contributed by atoms with Crippen molar-refractivity contribution in [3.05, 3.63) is 0 Å². The number of hydrogen-bond acceptors (Lipinski definition) is 10. The molecule has 11 heteroatoms. The first-order valence-electron chi connectivity index (χ1n) is 10.1. The van der Waals surface area contributed by atoms with Gasteiger partial charge in [-0.1, -0.05) is 19.8 Å². The SMILES string of the molecule is CCCCCC(=O)N[C@H]1[C@H](OC(C)=O)O[C@H](COC(C)=O)[C@@H](OC(C)=O)[C@@H]1OC(C)=O. The smallest absolute Gasteiger partial charge is 0.305 e. The van der Waals surface area contributed by atoms with Gasteiger partial charge in [-0.25, -0.2) is 0 Å². The van der Waals surface area contributed by atoms with Gasteiger partial charge in [-0.15, -0.1) is 0 Å². The zero-order chi connectivity index (χ0) is 23.6. The van der Waals surface area contributed by atoms with Crippen LogP contribution in [0.4, 0.5) is 0 Å². The van der Waals surface area contributed by atoms with Crippen LogP contribution in [0.2, 0.25) is 0 Å². The largest absolute Gasteiger partial charge is 0.463 e. The van der Waals surface area contributed by atoms with E-state index in [2.05, 4.69) is 5.32 Å². The average Bonchev–Trinajstić information content (AvgIpc) is 2.64. The van der Waals surface area contributed by atoms with Crippen molar-refractivity contribution in [2.75, 3.05) is 6.61 Å². The second-order valence-corrected chi connectivity index (χ2v) is 7.15. The summed E-state index contributed by atoms with van der Waals surface area (Å²) >= 11 is 0. The van der Waals surface area contributed by atoms with Crippen LogP contribution in [0.1, 0.15) is 60.3 Å². The Morgan fingerprint density at radius 2 is 1.39 bits per heavy atom. The van der Waals surface area contributed by atoms with Gasteiger partial charge in [-0.3, -0.25) is 24.0 Å². The molecule has 0 aromatic rings. The lowest BCUT2D eigenvalue weighted by Crippen LogP contribution is -2.67. The molecule has 0 aliphatic carbocycles. The van der Waals surface area contributed by atoms with Crippen molar-refractivity contribution in [3.63, 3.8) is 0 Å². The molecule has 1 fully saturated rings. The molecule has 1 rings (SSSR count). The minimum absolute atomic E-state index is 0.193. The van der Waals surface area contributed by atoms with E-state index in [-0.39, 0.29) is 18.9 Å². The van der Waals surface area contributed by atoms with E-state index >= 15 is 0 Å². The molecule has 5 atom stereocenters. The van der Waals surface area contributed by atoms with Crippen molar-refractivity contribution in [2.24, 2.45) is 0 Å². The molecule has 1 aliphatic rings. The van der Waals surface area contributed by atoms with Crippen LogP contribution in [-0.2, 0) is 47.7 Å². The normalized spacial score (nSPS) is 25.1. The van der Waals surface area contributed by atoms with Crippen molar-refractivity contribution in [3.8, 4) is 0 Å². The fourth-order valence-corrected chi connectivity index (χ4v) is 3.11. The van der Waals surface area contributed by atoms with Gasteiger partial charge >= 0.3 is 23.9 Å². The first-order chi connectivity index (χ1) is 14.5. The van der Waals surface area contributed by atoms with E-state index in [1.807, 2.05) is 6.92 Å². The van der Waals surface area contributed by atoms with Gasteiger partial charge in [0.05, 0.1) is 0 Å². The molecular weight excluding hydrogens is 414 g/mol. The number of esters is 4. The maximum absolute atomic E-state index is 12.4. The minimum atomic E-state index is -1.37. The molecular formula is C20H31NO10. The third-order valence-electron chi connectivity index (χ3n) is 4.32. The Balaban J connectivity index is 3.24. The number of amides is 1. The van der Waals surface area contributed by atoms with Crippen LogP contribution >= 0.6 is 0 Å². The van der Waals surface area contributed by atoms with Crippen molar-refractivity contribution in [1.29, 1.82) is 0 Å². The Hall–Kier alpha value is -2.69. The molecule has 0 spiro atoms. The van der Waals surface area contributed by atoms with E-state index < -0.39 is 54.5 Å². The molecule has 1 amide bonds. The summed E-state index contributed by atoms with van der Waals surface area (Å²) in [5.41, 5.74) is 0. The molecule has 1 saturated heterocycles. The molecule has 0 saturated carbocycles. The summed E-state index contributed by atoms with van der Waals surface area (Å²) in [5, 5.41) is 2.66. The third-order valence-corrected chi connectivity index (χ3v) is 4.32. The van der Waals surface area contributed by atoms with E-state index in [1.54, 1.807) is 0 Å². The van der Waals surface area contributed by atoms with E-state index in [4.69, 9.17) is 23.7 Å². The van der Waals surface area contributed by atoms with Crippen LogP contribution in [0.3, 0.4) is 0 Å². The number of unbranched alkanes of at least 4 members (excludes halogenated alkanes) is 2. The maximum atomic E-state index is 12.4. The number of ether oxygens (including phenoxy) is 5. The molecule has 31 heavy (non-hydrogen) atoms. The summed E-state index contributed by atoms with van der Waals surface area (Å²) in [6.07, 6.45) is -2.38. The standard InChI is InChI=1S/C20H31NO10/c1-6-7-8-9-16(26)21-17-19(29-13(4)24)18(28-12(3)23)15(10-27-11(2)22)31-20(17)30-14(5)25/h15,17-20H,6-10H2,1-5H3,(H,21,26)/t15-,17-,18-,19-,20-/m1/s1. The van der Waals surface area contributed by atoms with Gasteiger partial charge in [0.15, 0.2) is 12.2 Å². The maximum Gasteiger partial charge on any atom is 0.305 e. The van der Waals surface area contributed by atoms with Crippen LogP contribution in [0.5, 0.6) is 0 Å². The number of rotatable bonds is 10. The number of carbonyl (C=O) groups excluding carboxylic acids is 5. The van der Waals surface area contributed by atoms with E-state index in [1.165, 1.54) is 6.92 Å².